The lowest BCUT2D eigenvalue weighted by molar-refractivity contribution is 0.340. The van der Waals surface area contributed by atoms with Gasteiger partial charge in [-0.2, -0.15) is 0 Å². The maximum absolute atomic E-state index is 9.75. The van der Waals surface area contributed by atoms with Crippen LogP contribution in [-0.2, 0) is 13.1 Å². The molecule has 0 bridgehead atoms. The molecular formula is C22H22BF4N3O. The van der Waals surface area contributed by atoms with Crippen molar-refractivity contribution in [1.29, 1.82) is 5.39 Å². The van der Waals surface area contributed by atoms with Gasteiger partial charge in [-0.1, -0.05) is 60.7 Å². The molecule has 0 atom stereocenters. The number of hydrogen-bond donors (Lipinski definition) is 0. The van der Waals surface area contributed by atoms with Crippen LogP contribution >= 0.6 is 0 Å². The van der Waals surface area contributed by atoms with Gasteiger partial charge >= 0.3 is 12.9 Å². The van der Waals surface area contributed by atoms with E-state index >= 15 is 0 Å². The molecule has 4 nitrogen and oxygen atoms in total. The number of halogens is 4. The average Bonchev–Trinajstić information content (AvgIpc) is 2.74. The van der Waals surface area contributed by atoms with Gasteiger partial charge in [0.25, 0.3) is 0 Å². The smallest absolute Gasteiger partial charge is 0.491 e. The van der Waals surface area contributed by atoms with Crippen molar-refractivity contribution in [2.75, 3.05) is 11.5 Å². The molecule has 0 saturated heterocycles. The van der Waals surface area contributed by atoms with E-state index in [4.69, 9.17) is 10.1 Å². The van der Waals surface area contributed by atoms with E-state index in [1.165, 1.54) is 11.1 Å². The summed E-state index contributed by atoms with van der Waals surface area (Å²) < 4.78 is 44.8. The van der Waals surface area contributed by atoms with Crippen molar-refractivity contribution in [2.45, 2.75) is 20.0 Å². The molecule has 3 aromatic carbocycles. The third-order valence-corrected chi connectivity index (χ3v) is 4.13. The van der Waals surface area contributed by atoms with Crippen molar-refractivity contribution in [3.05, 3.63) is 95.0 Å². The molecule has 9 heteroatoms. The topological polar surface area (TPSA) is 40.6 Å². The summed E-state index contributed by atoms with van der Waals surface area (Å²) >= 11 is 0. The first-order chi connectivity index (χ1) is 14.8. The molecule has 0 fully saturated rings. The molecule has 0 unspecified atom stereocenters. The van der Waals surface area contributed by atoms with E-state index in [0.717, 1.165) is 24.5 Å². The molecule has 31 heavy (non-hydrogen) atoms. The number of rotatable bonds is 7. The monoisotopic (exact) mass is 431 g/mol. The minimum atomic E-state index is -6.00. The molecule has 3 aromatic rings. The Balaban J connectivity index is 0.000000614. The molecule has 0 N–H and O–H groups in total. The van der Waals surface area contributed by atoms with Crippen molar-refractivity contribution in [3.63, 3.8) is 0 Å². The van der Waals surface area contributed by atoms with Gasteiger partial charge in [0.15, 0.2) is 10.7 Å². The Bertz CT molecular complexity index is 932. The van der Waals surface area contributed by atoms with E-state index in [9.17, 15) is 17.3 Å². The van der Waals surface area contributed by atoms with Gasteiger partial charge < -0.3 is 26.9 Å². The van der Waals surface area contributed by atoms with Crippen LogP contribution in [-0.4, -0.2) is 13.9 Å². The summed E-state index contributed by atoms with van der Waals surface area (Å²) in [6.45, 7) is 4.01. The number of ether oxygens (including phenoxy) is 1. The molecule has 0 aliphatic rings. The Labute approximate surface area is 178 Å². The highest BCUT2D eigenvalue weighted by Crippen LogP contribution is 2.34. The molecule has 0 aromatic heterocycles. The lowest BCUT2D eigenvalue weighted by atomic mass is 10.1. The van der Waals surface area contributed by atoms with Gasteiger partial charge in [-0.25, -0.2) is 0 Å². The van der Waals surface area contributed by atoms with Gasteiger partial charge in [0.2, 0.25) is 5.39 Å². The largest absolute Gasteiger partial charge is 0.673 e. The summed E-state index contributed by atoms with van der Waals surface area (Å²) in [5, 5.41) is 9.09. The fourth-order valence-electron chi connectivity index (χ4n) is 2.93. The summed E-state index contributed by atoms with van der Waals surface area (Å²) in [5.41, 5.74) is 3.91. The normalized spacial score (nSPS) is 10.5. The minimum absolute atomic E-state index is 0.483. The molecule has 0 amide bonds. The fraction of sp³-hybridized carbons (Fsp3) is 0.182. The molecular weight excluding hydrogens is 409 g/mol. The zero-order valence-corrected chi connectivity index (χ0v) is 17.0. The molecule has 0 radical (unpaired) electrons. The SMILES string of the molecule is CCOc1cc([N+]#N)ccc1N(Cc1ccccc1)Cc1ccccc1.F[B-](F)(F)F. The fourth-order valence-corrected chi connectivity index (χ4v) is 2.93. The van der Waals surface area contributed by atoms with E-state index in [2.05, 4.69) is 34.1 Å². The maximum Gasteiger partial charge on any atom is 0.673 e. The summed E-state index contributed by atoms with van der Waals surface area (Å²) in [6.07, 6.45) is 0. The van der Waals surface area contributed by atoms with Gasteiger partial charge in [-0.05, 0) is 24.1 Å². The molecule has 0 heterocycles. The van der Waals surface area contributed by atoms with Crippen molar-refractivity contribution < 1.29 is 22.0 Å². The molecule has 0 aliphatic carbocycles. The summed E-state index contributed by atoms with van der Waals surface area (Å²) in [5.74, 6) is 0.717. The van der Waals surface area contributed by atoms with Crippen molar-refractivity contribution in [1.82, 2.24) is 0 Å². The highest BCUT2D eigenvalue weighted by molar-refractivity contribution is 6.50. The van der Waals surface area contributed by atoms with Crippen molar-refractivity contribution in [3.8, 4) is 5.75 Å². The Kier molecular flexibility index (Phi) is 8.88. The second-order valence-electron chi connectivity index (χ2n) is 6.51. The van der Waals surface area contributed by atoms with Crippen LogP contribution in [0.2, 0.25) is 0 Å². The average molecular weight is 431 g/mol. The Morgan fingerprint density at radius 1 is 0.839 bits per heavy atom. The maximum atomic E-state index is 9.75. The third-order valence-electron chi connectivity index (χ3n) is 4.13. The first-order valence-corrected chi connectivity index (χ1v) is 9.62. The van der Waals surface area contributed by atoms with Crippen LogP contribution in [0.4, 0.5) is 28.6 Å². The van der Waals surface area contributed by atoms with Crippen LogP contribution in [0.5, 0.6) is 5.75 Å². The second-order valence-corrected chi connectivity index (χ2v) is 6.51. The van der Waals surface area contributed by atoms with Crippen LogP contribution in [0.25, 0.3) is 4.98 Å². The zero-order valence-electron chi connectivity index (χ0n) is 17.0. The minimum Gasteiger partial charge on any atom is -0.491 e. The summed E-state index contributed by atoms with van der Waals surface area (Å²) in [7, 11) is -6.00. The molecule has 3 rings (SSSR count). The standard InChI is InChI=1S/C22H22N3O.BF4/c1-2-26-22-15-20(24-23)13-14-21(22)25(16-18-9-5-3-6-10-18)17-19-11-7-4-8-12-19;2-1(3,4)5/h3-15H,2,16-17H2,1H3;/q+1;-1. The number of nitrogens with zero attached hydrogens (tertiary/aromatic N) is 3. The molecule has 0 aliphatic heterocycles. The van der Waals surface area contributed by atoms with E-state index in [-0.39, 0.29) is 0 Å². The number of diazo groups is 1. The Hall–Kier alpha value is -3.54. The van der Waals surface area contributed by atoms with Crippen LogP contribution in [0.3, 0.4) is 0 Å². The second kappa shape index (κ2) is 11.6. The third kappa shape index (κ3) is 8.78. The predicted octanol–water partition coefficient (Wildman–Crippen LogP) is 7.08. The van der Waals surface area contributed by atoms with Crippen LogP contribution in [0, 0.1) is 5.39 Å². The molecule has 0 saturated carbocycles. The number of anilines is 1. The van der Waals surface area contributed by atoms with Gasteiger partial charge in [-0.15, -0.1) is 0 Å². The lowest BCUT2D eigenvalue weighted by Gasteiger charge is -2.27. The van der Waals surface area contributed by atoms with Crippen molar-refractivity contribution >= 4 is 18.6 Å². The molecule has 162 valence electrons. The number of benzene rings is 3. The summed E-state index contributed by atoms with van der Waals surface area (Å²) in [4.78, 5) is 5.56. The van der Waals surface area contributed by atoms with E-state index < -0.39 is 7.25 Å². The van der Waals surface area contributed by atoms with Gasteiger partial charge in [-0.3, -0.25) is 0 Å². The first kappa shape index (κ1) is 23.7. The van der Waals surface area contributed by atoms with E-state index in [1.54, 1.807) is 12.1 Å². The quantitative estimate of drug-likeness (QED) is 0.228. The summed E-state index contributed by atoms with van der Waals surface area (Å²) in [6, 6.07) is 26.2. The van der Waals surface area contributed by atoms with Gasteiger partial charge in [0, 0.05) is 19.2 Å². The van der Waals surface area contributed by atoms with Gasteiger partial charge in [0.1, 0.15) is 0 Å². The van der Waals surface area contributed by atoms with Crippen LogP contribution < -0.4 is 9.64 Å². The first-order valence-electron chi connectivity index (χ1n) is 9.62. The van der Waals surface area contributed by atoms with Gasteiger partial charge in [0.05, 0.1) is 18.4 Å². The van der Waals surface area contributed by atoms with Crippen LogP contribution in [0.1, 0.15) is 18.1 Å². The van der Waals surface area contributed by atoms with E-state index in [0.29, 0.717) is 12.3 Å². The lowest BCUT2D eigenvalue weighted by Crippen LogP contribution is -2.22. The number of hydrogen-bond acceptors (Lipinski definition) is 3. The highest BCUT2D eigenvalue weighted by Gasteiger charge is 2.20. The molecule has 0 spiro atoms. The highest BCUT2D eigenvalue weighted by atomic mass is 19.5. The van der Waals surface area contributed by atoms with Crippen molar-refractivity contribution in [2.24, 2.45) is 0 Å². The van der Waals surface area contributed by atoms with E-state index in [1.807, 2.05) is 49.4 Å². The van der Waals surface area contributed by atoms with Crippen LogP contribution in [0.15, 0.2) is 78.9 Å². The Morgan fingerprint density at radius 3 is 1.74 bits per heavy atom. The predicted molar refractivity (Wildman–Crippen MR) is 115 cm³/mol. The zero-order chi connectivity index (χ0) is 22.7. The Morgan fingerprint density at radius 2 is 1.32 bits per heavy atom.